The maximum atomic E-state index is 9.21. The lowest BCUT2D eigenvalue weighted by molar-refractivity contribution is 1.10. The molecule has 9 aromatic rings. The third kappa shape index (κ3) is 4.07. The molecule has 0 fully saturated rings. The number of benzene rings is 8. The molecule has 0 aliphatic carbocycles. The van der Waals surface area contributed by atoms with Crippen LogP contribution in [0.1, 0.15) is 16.4 Å². The van der Waals surface area contributed by atoms with Crippen molar-refractivity contribution in [3.05, 3.63) is 170 Å². The molecule has 0 aliphatic rings. The monoisotopic (exact) mass is 584 g/mol. The van der Waals surface area contributed by atoms with Gasteiger partial charge in [-0.1, -0.05) is 139 Å². The third-order valence-electron chi connectivity index (χ3n) is 8.17. The molecule has 0 radical (unpaired) electrons. The Morgan fingerprint density at radius 3 is 1.89 bits per heavy atom. The van der Waals surface area contributed by atoms with Crippen LogP contribution in [0, 0.1) is 0 Å². The van der Waals surface area contributed by atoms with Crippen LogP contribution in [-0.2, 0) is 0 Å². The van der Waals surface area contributed by atoms with Gasteiger partial charge in [-0.3, -0.25) is 4.57 Å². The molecule has 0 N–H and O–H groups in total. The Bertz CT molecular complexity index is 3130. The van der Waals surface area contributed by atoms with Gasteiger partial charge in [-0.2, -0.15) is 0 Å². The average Bonchev–Trinajstić information content (AvgIpc) is 3.61. The zero-order valence-electron chi connectivity index (χ0n) is 35.6. The minimum absolute atomic E-state index is 0.00334. The number of fused-ring (bicyclic) bond motifs is 4. The average molecular weight is 585 g/mol. The molecule has 0 unspecified atom stereocenters. The summed E-state index contributed by atoms with van der Waals surface area (Å²) in [7, 11) is 0. The fourth-order valence-corrected chi connectivity index (χ4v) is 6.32. The fraction of sp³-hybridized carbons (Fsp3) is 0. The summed E-state index contributed by atoms with van der Waals surface area (Å²) in [5, 5.41) is 2.69. The largest absolute Gasteiger partial charge is 0.292 e. The van der Waals surface area contributed by atoms with Gasteiger partial charge in [0.05, 0.1) is 27.5 Å². The van der Waals surface area contributed by atoms with Crippen molar-refractivity contribution in [2.75, 3.05) is 0 Å². The van der Waals surface area contributed by atoms with E-state index in [1.165, 1.54) is 0 Å². The van der Waals surface area contributed by atoms with E-state index in [2.05, 4.69) is 0 Å². The molecule has 0 saturated heterocycles. The molecule has 2 nitrogen and oxygen atoms in total. The Labute approximate surface area is 278 Å². The quantitative estimate of drug-likeness (QED) is 0.188. The van der Waals surface area contributed by atoms with E-state index in [1.54, 1.807) is 22.8 Å². The highest BCUT2D eigenvalue weighted by atomic mass is 15.1. The van der Waals surface area contributed by atoms with Crippen molar-refractivity contribution in [3.8, 4) is 39.3 Å². The zero-order chi connectivity index (χ0) is 40.2. The van der Waals surface area contributed by atoms with Gasteiger partial charge < -0.3 is 0 Å². The molecule has 0 atom stereocenters. The number of nitrogens with zero attached hydrogens (tertiary/aromatic N) is 2. The number of para-hydroxylation sites is 3. The summed E-state index contributed by atoms with van der Waals surface area (Å²) in [5.41, 5.74) is 3.89. The molecule has 1 aromatic heterocycles. The standard InChI is InChI=1S/C43H28N2/c1-2-18-32(19-3-1)45-40-27-11-10-26-39(40)44-43(45)31-17-12-16-30(28-31)41-35-21-6-8-23-37(35)42(38-24-9-7-22-36(38)41)34-25-13-15-29-14-4-5-20-33(29)34/h1-28H/i1D,2D,3D,4D,5D,13D,14D,15D,18D,19D,20D,25D. The molecule has 0 bridgehead atoms. The number of imidazole rings is 1. The van der Waals surface area contributed by atoms with Crippen molar-refractivity contribution in [1.29, 1.82) is 0 Å². The number of hydrogen-bond acceptors (Lipinski definition) is 1. The first kappa shape index (κ1) is 16.2. The Hall–Kier alpha value is -5.99. The maximum absolute atomic E-state index is 9.21. The van der Waals surface area contributed by atoms with E-state index in [4.69, 9.17) is 20.1 Å². The van der Waals surface area contributed by atoms with Crippen molar-refractivity contribution >= 4 is 43.4 Å². The molecule has 0 amide bonds. The Balaban J connectivity index is 1.37. The summed E-state index contributed by atoms with van der Waals surface area (Å²) < 4.78 is 106. The Morgan fingerprint density at radius 1 is 0.489 bits per heavy atom. The maximum Gasteiger partial charge on any atom is 0.145 e. The van der Waals surface area contributed by atoms with Crippen molar-refractivity contribution in [3.63, 3.8) is 0 Å². The smallest absolute Gasteiger partial charge is 0.145 e. The van der Waals surface area contributed by atoms with Gasteiger partial charge in [0.15, 0.2) is 0 Å². The van der Waals surface area contributed by atoms with Crippen molar-refractivity contribution in [2.45, 2.75) is 0 Å². The fourth-order valence-electron chi connectivity index (χ4n) is 6.32. The van der Waals surface area contributed by atoms with Gasteiger partial charge in [0.25, 0.3) is 0 Å². The van der Waals surface area contributed by atoms with E-state index in [1.807, 2.05) is 78.9 Å². The van der Waals surface area contributed by atoms with Gasteiger partial charge in [0.2, 0.25) is 0 Å². The summed E-state index contributed by atoms with van der Waals surface area (Å²) in [6.45, 7) is 0. The highest BCUT2D eigenvalue weighted by Crippen LogP contribution is 2.45. The highest BCUT2D eigenvalue weighted by molar-refractivity contribution is 6.23. The lowest BCUT2D eigenvalue weighted by Gasteiger charge is -2.19. The van der Waals surface area contributed by atoms with Crippen LogP contribution in [0.5, 0.6) is 0 Å². The zero-order valence-corrected chi connectivity index (χ0v) is 23.6. The van der Waals surface area contributed by atoms with Crippen molar-refractivity contribution < 1.29 is 16.4 Å². The van der Waals surface area contributed by atoms with Crippen molar-refractivity contribution in [1.82, 2.24) is 9.55 Å². The summed E-state index contributed by atoms with van der Waals surface area (Å²) in [6, 6.07) is 24.6. The summed E-state index contributed by atoms with van der Waals surface area (Å²) in [4.78, 5) is 4.93. The molecule has 0 saturated carbocycles. The van der Waals surface area contributed by atoms with Gasteiger partial charge in [0.1, 0.15) is 5.82 Å². The molecule has 9 rings (SSSR count). The van der Waals surface area contributed by atoms with E-state index in [-0.39, 0.29) is 40.2 Å². The number of aromatic nitrogens is 2. The van der Waals surface area contributed by atoms with E-state index < -0.39 is 54.4 Å². The van der Waals surface area contributed by atoms with Gasteiger partial charge in [-0.05, 0) is 84.9 Å². The van der Waals surface area contributed by atoms with Crippen LogP contribution < -0.4 is 0 Å². The molecular weight excluding hydrogens is 544 g/mol. The summed E-state index contributed by atoms with van der Waals surface area (Å²) >= 11 is 0. The van der Waals surface area contributed by atoms with Crippen LogP contribution in [0.15, 0.2) is 170 Å². The molecule has 45 heavy (non-hydrogen) atoms. The molecule has 8 aromatic carbocycles. The van der Waals surface area contributed by atoms with Crippen LogP contribution in [-0.4, -0.2) is 9.55 Å². The first-order valence-corrected chi connectivity index (χ1v) is 14.4. The second-order valence-corrected chi connectivity index (χ2v) is 10.7. The van der Waals surface area contributed by atoms with Crippen molar-refractivity contribution in [2.24, 2.45) is 0 Å². The molecule has 1 heterocycles. The minimum Gasteiger partial charge on any atom is -0.292 e. The van der Waals surface area contributed by atoms with E-state index >= 15 is 0 Å². The van der Waals surface area contributed by atoms with E-state index in [0.717, 1.165) is 21.9 Å². The van der Waals surface area contributed by atoms with Crippen LogP contribution in [0.3, 0.4) is 0 Å². The predicted molar refractivity (Wildman–Crippen MR) is 190 cm³/mol. The topological polar surface area (TPSA) is 17.8 Å². The third-order valence-corrected chi connectivity index (χ3v) is 8.17. The lowest BCUT2D eigenvalue weighted by atomic mass is 9.84. The highest BCUT2D eigenvalue weighted by Gasteiger charge is 2.19. The lowest BCUT2D eigenvalue weighted by Crippen LogP contribution is -1.97. The molecule has 210 valence electrons. The number of hydrogen-bond donors (Lipinski definition) is 0. The van der Waals surface area contributed by atoms with Crippen LogP contribution in [0.25, 0.3) is 82.7 Å². The second-order valence-electron chi connectivity index (χ2n) is 10.7. The SMILES string of the molecule is [2H]c1c([2H])c([2H])c(-n2c(-c3cccc(-c4c5ccccc5c(-c5c([2H])c([2H])c([2H])c6c([2H])c([2H])c([2H])c([2H])c56)c5ccccc45)c3)nc3ccccc32)c([2H])c1[2H]. The van der Waals surface area contributed by atoms with E-state index in [0.29, 0.717) is 38.8 Å². The van der Waals surface area contributed by atoms with Gasteiger partial charge in [-0.15, -0.1) is 0 Å². The molecular formula is C43H28N2. The minimum atomic E-state index is -0.519. The van der Waals surface area contributed by atoms with Crippen LogP contribution in [0.2, 0.25) is 0 Å². The Kier molecular flexibility index (Phi) is 3.71. The normalized spacial score (nSPS) is 15.3. The first-order chi connectivity index (χ1) is 27.3. The summed E-state index contributed by atoms with van der Waals surface area (Å²) in [5.74, 6) is 0.361. The second kappa shape index (κ2) is 10.3. The number of rotatable bonds is 4. The molecule has 2 heteroatoms. The first-order valence-electron chi connectivity index (χ1n) is 20.4. The van der Waals surface area contributed by atoms with E-state index in [9.17, 15) is 1.37 Å². The van der Waals surface area contributed by atoms with Gasteiger partial charge in [0, 0.05) is 11.3 Å². The van der Waals surface area contributed by atoms with Crippen LogP contribution >= 0.6 is 0 Å². The predicted octanol–water partition coefficient (Wildman–Crippen LogP) is 11.5. The van der Waals surface area contributed by atoms with Gasteiger partial charge >= 0.3 is 0 Å². The van der Waals surface area contributed by atoms with Gasteiger partial charge in [-0.25, -0.2) is 4.98 Å². The van der Waals surface area contributed by atoms with Crippen LogP contribution in [0.4, 0.5) is 0 Å². The Morgan fingerprint density at radius 2 is 1.11 bits per heavy atom. The molecule has 0 spiro atoms. The molecule has 0 aliphatic heterocycles. The summed E-state index contributed by atoms with van der Waals surface area (Å²) in [6.07, 6.45) is 0.